The number of hydrogen-bond donors (Lipinski definition) is 0. The third-order valence-electron chi connectivity index (χ3n) is 15.8. The summed E-state index contributed by atoms with van der Waals surface area (Å²) in [4.78, 5) is 16.9. The molecule has 5 aromatic heterocycles. The van der Waals surface area contributed by atoms with Gasteiger partial charge < -0.3 is 13.6 Å². The van der Waals surface area contributed by atoms with Crippen molar-refractivity contribution in [1.82, 2.24) is 24.1 Å². The Hall–Kier alpha value is -9.87. The van der Waals surface area contributed by atoms with E-state index < -0.39 is 0 Å². The topological polar surface area (TPSA) is 61.7 Å². The lowest BCUT2D eigenvalue weighted by atomic mass is 9.89. The predicted molar refractivity (Wildman–Crippen MR) is 325 cm³/mol. The summed E-state index contributed by atoms with van der Waals surface area (Å²) in [5, 5.41) is 8.12. The maximum atomic E-state index is 6.34. The SMILES string of the molecule is C1#CC/C(n2c3ccccc3c3cccc(-n4c5c(c6cccc(-c7nc(-c8ccc9sc%10ccccc%10c9c8)nc(-c8cccc(-c9ccc%10oc%11ccccc%11c%10c9)c8-c8ccccc8)n7)c64)C=CCC5)c32)=C\C=C/C1. The van der Waals surface area contributed by atoms with E-state index >= 15 is 0 Å². The lowest BCUT2D eigenvalue weighted by Crippen LogP contribution is -2.07. The number of benzene rings is 9. The molecule has 366 valence electrons. The molecule has 0 saturated carbocycles. The molecule has 6 nitrogen and oxygen atoms in total. The summed E-state index contributed by atoms with van der Waals surface area (Å²) in [6.45, 7) is 0. The van der Waals surface area contributed by atoms with Crippen LogP contribution in [0.4, 0.5) is 0 Å². The molecule has 16 rings (SSSR count). The molecule has 0 fully saturated rings. The first kappa shape index (κ1) is 44.4. The molecule has 0 atom stereocenters. The highest BCUT2D eigenvalue weighted by Gasteiger charge is 2.28. The highest BCUT2D eigenvalue weighted by molar-refractivity contribution is 7.25. The minimum Gasteiger partial charge on any atom is -0.456 e. The van der Waals surface area contributed by atoms with Crippen molar-refractivity contribution in [2.75, 3.05) is 0 Å². The van der Waals surface area contributed by atoms with Gasteiger partial charge in [0.05, 0.1) is 22.2 Å². The average molecular weight is 1020 g/mol. The Balaban J connectivity index is 0.986. The summed E-state index contributed by atoms with van der Waals surface area (Å²) < 4.78 is 13.8. The molecule has 0 bridgehead atoms. The molecule has 0 saturated heterocycles. The second-order valence-corrected chi connectivity index (χ2v) is 21.3. The number of para-hydroxylation sites is 4. The molecule has 2 aliphatic rings. The highest BCUT2D eigenvalue weighted by atomic mass is 32.1. The number of rotatable bonds is 7. The first-order valence-corrected chi connectivity index (χ1v) is 27.5. The van der Waals surface area contributed by atoms with Crippen molar-refractivity contribution in [3.63, 3.8) is 0 Å². The van der Waals surface area contributed by atoms with Crippen LogP contribution < -0.4 is 0 Å². The summed E-state index contributed by atoms with van der Waals surface area (Å²) in [5.41, 5.74) is 16.8. The standard InChI is InChI=1S/C71H45N5OS/c1-2-7-22-47(23-8-3-1)75-59-33-13-9-25-50(59)54-30-19-35-61(68(54)75)76-60-34-14-10-24-49(60)53-29-18-32-56(67(53)76)71-73-69(46-39-41-65-58(43-46)52-27-12-16-37-64(52)78-65)72-70(74-71)55-31-17-28-48(66(55)44-20-5-4-6-21-44)45-38-40-63-57(42-45)51-26-11-15-36-62(51)77-63/h2,4-7,9-13,15-22,24-33,35-43H,1,14,23,34H2/b7-2-,47-22+. The number of nitrogens with zero attached hydrogens (tertiary/aromatic N) is 5. The quantitative estimate of drug-likeness (QED) is 0.149. The van der Waals surface area contributed by atoms with Gasteiger partial charge in [-0.15, -0.1) is 11.3 Å². The molecule has 5 heterocycles. The fourth-order valence-electron chi connectivity index (χ4n) is 12.3. The van der Waals surface area contributed by atoms with E-state index in [-0.39, 0.29) is 0 Å². The van der Waals surface area contributed by atoms with E-state index in [9.17, 15) is 0 Å². The number of thiophene rings is 1. The molecule has 0 unspecified atom stereocenters. The van der Waals surface area contributed by atoms with Gasteiger partial charge in [-0.3, -0.25) is 0 Å². The van der Waals surface area contributed by atoms with Crippen molar-refractivity contribution in [1.29, 1.82) is 0 Å². The lowest BCUT2D eigenvalue weighted by molar-refractivity contribution is 0.669. The highest BCUT2D eigenvalue weighted by Crippen LogP contribution is 2.46. The van der Waals surface area contributed by atoms with Crippen LogP contribution >= 0.6 is 11.3 Å². The zero-order valence-electron chi connectivity index (χ0n) is 42.2. The maximum Gasteiger partial charge on any atom is 0.166 e. The number of hydrogen-bond acceptors (Lipinski definition) is 5. The van der Waals surface area contributed by atoms with Crippen LogP contribution in [-0.4, -0.2) is 24.1 Å². The predicted octanol–water partition coefficient (Wildman–Crippen LogP) is 18.7. The Labute approximate surface area is 453 Å². The molecular formula is C71H45N5OS. The second kappa shape index (κ2) is 17.9. The van der Waals surface area contributed by atoms with Gasteiger partial charge in [0.25, 0.3) is 0 Å². The van der Waals surface area contributed by atoms with Crippen molar-refractivity contribution in [3.8, 4) is 73.9 Å². The zero-order chi connectivity index (χ0) is 51.3. The zero-order valence-corrected chi connectivity index (χ0v) is 43.1. The van der Waals surface area contributed by atoms with E-state index in [2.05, 4.69) is 233 Å². The summed E-state index contributed by atoms with van der Waals surface area (Å²) >= 11 is 1.81. The Bertz CT molecular complexity index is 4990. The third kappa shape index (κ3) is 7.00. The van der Waals surface area contributed by atoms with Crippen molar-refractivity contribution >= 4 is 97.9 Å². The van der Waals surface area contributed by atoms with E-state index in [1.807, 2.05) is 23.5 Å². The van der Waals surface area contributed by atoms with Crippen molar-refractivity contribution in [2.45, 2.75) is 25.7 Å². The van der Waals surface area contributed by atoms with E-state index in [4.69, 9.17) is 19.4 Å². The molecule has 9 aromatic carbocycles. The summed E-state index contributed by atoms with van der Waals surface area (Å²) in [6.07, 6.45) is 14.4. The second-order valence-electron chi connectivity index (χ2n) is 20.2. The van der Waals surface area contributed by atoms with E-state index in [1.165, 1.54) is 42.2 Å². The Kier molecular flexibility index (Phi) is 10.2. The third-order valence-corrected chi connectivity index (χ3v) is 16.9. The largest absolute Gasteiger partial charge is 0.456 e. The van der Waals surface area contributed by atoms with Crippen LogP contribution in [0.5, 0.6) is 0 Å². The van der Waals surface area contributed by atoms with Gasteiger partial charge in [-0.1, -0.05) is 170 Å². The van der Waals surface area contributed by atoms with Gasteiger partial charge in [-0.2, -0.15) is 0 Å². The van der Waals surface area contributed by atoms with Gasteiger partial charge in [0.2, 0.25) is 0 Å². The van der Waals surface area contributed by atoms with Crippen LogP contribution in [0, 0.1) is 11.8 Å². The van der Waals surface area contributed by atoms with Gasteiger partial charge >= 0.3 is 0 Å². The van der Waals surface area contributed by atoms with Gasteiger partial charge in [-0.25, -0.2) is 15.0 Å². The van der Waals surface area contributed by atoms with Crippen LogP contribution in [0.2, 0.25) is 0 Å². The van der Waals surface area contributed by atoms with E-state index in [0.29, 0.717) is 23.9 Å². The van der Waals surface area contributed by atoms with Crippen molar-refractivity contribution in [2.24, 2.45) is 0 Å². The Morgan fingerprint density at radius 1 is 0.474 bits per heavy atom. The minimum atomic E-state index is 0.591. The van der Waals surface area contributed by atoms with Gasteiger partial charge in [0.1, 0.15) is 11.2 Å². The van der Waals surface area contributed by atoms with E-state index in [0.717, 1.165) is 113 Å². The monoisotopic (exact) mass is 1020 g/mol. The summed E-state index contributed by atoms with van der Waals surface area (Å²) in [6, 6.07) is 69.5. The molecule has 2 aliphatic carbocycles. The molecule has 78 heavy (non-hydrogen) atoms. The molecule has 0 spiro atoms. The smallest absolute Gasteiger partial charge is 0.166 e. The van der Waals surface area contributed by atoms with Crippen molar-refractivity contribution in [3.05, 3.63) is 230 Å². The Morgan fingerprint density at radius 3 is 2.12 bits per heavy atom. The molecule has 0 amide bonds. The Morgan fingerprint density at radius 2 is 1.18 bits per heavy atom. The van der Waals surface area contributed by atoms with Gasteiger partial charge in [0, 0.05) is 99.2 Å². The lowest BCUT2D eigenvalue weighted by Gasteiger charge is -2.19. The molecule has 0 N–H and O–H groups in total. The van der Waals surface area contributed by atoms with Crippen LogP contribution in [0.15, 0.2) is 223 Å². The average Bonchev–Trinajstić information content (AvgIpc) is 4.37. The van der Waals surface area contributed by atoms with Crippen LogP contribution in [-0.2, 0) is 6.42 Å². The van der Waals surface area contributed by atoms with Crippen LogP contribution in [0.1, 0.15) is 30.5 Å². The summed E-state index contributed by atoms with van der Waals surface area (Å²) in [5.74, 6) is 8.64. The van der Waals surface area contributed by atoms with Gasteiger partial charge in [-0.05, 0) is 96.3 Å². The minimum absolute atomic E-state index is 0.591. The molecular weight excluding hydrogens is 971 g/mol. The van der Waals surface area contributed by atoms with Gasteiger partial charge in [0.15, 0.2) is 17.5 Å². The number of furan rings is 1. The number of aromatic nitrogens is 5. The molecule has 7 heteroatoms. The molecule has 0 aliphatic heterocycles. The van der Waals surface area contributed by atoms with Crippen molar-refractivity contribution < 1.29 is 4.42 Å². The number of fused-ring (bicyclic) bond motifs is 12. The fraction of sp³-hybridized carbons (Fsp3) is 0.0563. The molecule has 14 aromatic rings. The molecule has 0 radical (unpaired) electrons. The van der Waals surface area contributed by atoms with Crippen LogP contribution in [0.25, 0.3) is 149 Å². The first-order valence-electron chi connectivity index (χ1n) is 26.7. The van der Waals surface area contributed by atoms with Crippen LogP contribution in [0.3, 0.4) is 0 Å². The first-order chi connectivity index (χ1) is 38.7. The number of allylic oxidation sites excluding steroid dienone is 5. The fourth-order valence-corrected chi connectivity index (χ4v) is 13.4. The van der Waals surface area contributed by atoms with E-state index in [1.54, 1.807) is 0 Å². The normalized spacial score (nSPS) is 14.5. The summed E-state index contributed by atoms with van der Waals surface area (Å²) in [7, 11) is 0. The maximum absolute atomic E-state index is 6.34.